The van der Waals surface area contributed by atoms with Crippen molar-refractivity contribution in [3.63, 3.8) is 0 Å². The molecule has 14 heteroatoms. The molecule has 2 aliphatic carbocycles. The van der Waals surface area contributed by atoms with Crippen LogP contribution in [-0.4, -0.2) is 45.7 Å². The van der Waals surface area contributed by atoms with Gasteiger partial charge in [-0.15, -0.1) is 5.10 Å². The van der Waals surface area contributed by atoms with Crippen LogP contribution in [0.2, 0.25) is 10.0 Å². The molecule has 5 fully saturated rings. The Bertz CT molecular complexity index is 2280. The fourth-order valence-corrected chi connectivity index (χ4v) is 8.22. The number of hydrazone groups is 1. The van der Waals surface area contributed by atoms with E-state index in [-0.39, 0.29) is 46.5 Å². The predicted molar refractivity (Wildman–Crippen MR) is 213 cm³/mol. The first kappa shape index (κ1) is 38.5. The SMILES string of the molecule is C1NC2CC1C2.Cc1nc2c(F)c(-c3cccc(Cl)c3Cl)c(CCC#N)cc2c2[nH]c(C3CCCN3C(=O)C3CC3)cc12.NN/N=C(\N)c1ccc(F)cc1. The van der Waals surface area contributed by atoms with E-state index in [0.717, 1.165) is 60.8 Å². The molecule has 1 atom stereocenters. The van der Waals surface area contributed by atoms with E-state index in [0.29, 0.717) is 44.8 Å². The minimum atomic E-state index is -0.484. The second-order valence-corrected chi connectivity index (χ2v) is 15.4. The number of nitriles is 1. The Balaban J connectivity index is 0.000000210. The van der Waals surface area contributed by atoms with Gasteiger partial charge in [-0.05, 0) is 112 Å². The smallest absolute Gasteiger partial charge is 0.226 e. The number of hydrazine groups is 1. The van der Waals surface area contributed by atoms with Crippen LogP contribution in [0.25, 0.3) is 32.9 Å². The second-order valence-electron chi connectivity index (χ2n) is 14.6. The Hall–Kier alpha value is -4.80. The summed E-state index contributed by atoms with van der Waals surface area (Å²) >= 11 is 12.8. The van der Waals surface area contributed by atoms with Crippen molar-refractivity contribution in [3.8, 4) is 17.2 Å². The van der Waals surface area contributed by atoms with E-state index in [1.807, 2.05) is 23.4 Å². The van der Waals surface area contributed by atoms with Gasteiger partial charge in [-0.2, -0.15) is 5.26 Å². The third-order valence-corrected chi connectivity index (χ3v) is 11.7. The van der Waals surface area contributed by atoms with Gasteiger partial charge < -0.3 is 20.9 Å². The molecular formula is C41H43Cl2F2N9O. The number of aromatic nitrogens is 2. The highest BCUT2D eigenvalue weighted by atomic mass is 35.5. The number of hydrogen-bond donors (Lipinski definition) is 5. The maximum absolute atomic E-state index is 16.3. The van der Waals surface area contributed by atoms with Crippen molar-refractivity contribution in [2.75, 3.05) is 13.1 Å². The van der Waals surface area contributed by atoms with Gasteiger partial charge in [-0.3, -0.25) is 4.79 Å². The summed E-state index contributed by atoms with van der Waals surface area (Å²) in [5.41, 5.74) is 12.3. The first-order valence-electron chi connectivity index (χ1n) is 18.6. The number of carbonyl (C=O) groups is 1. The molecule has 286 valence electrons. The third-order valence-electron chi connectivity index (χ3n) is 10.9. The van der Waals surface area contributed by atoms with Crippen molar-refractivity contribution in [1.29, 1.82) is 5.26 Å². The Morgan fingerprint density at radius 1 is 1.11 bits per heavy atom. The molecule has 7 N–H and O–H groups in total. The first-order valence-corrected chi connectivity index (χ1v) is 19.4. The average Bonchev–Trinajstić information content (AvgIpc) is 3.56. The number of aryl methyl sites for hydroxylation is 2. The minimum absolute atomic E-state index is 0.0117. The van der Waals surface area contributed by atoms with Gasteiger partial charge in [0.05, 0.1) is 27.7 Å². The number of aromatic amines is 1. The number of H-pyrrole nitrogens is 1. The molecule has 3 aromatic carbocycles. The number of benzene rings is 3. The van der Waals surface area contributed by atoms with Gasteiger partial charge in [0, 0.05) is 63.8 Å². The molecule has 3 saturated heterocycles. The number of amides is 1. The lowest BCUT2D eigenvalue weighted by Gasteiger charge is -2.24. The molecule has 2 bridgehead atoms. The molecule has 10 nitrogen and oxygen atoms in total. The van der Waals surface area contributed by atoms with E-state index in [9.17, 15) is 14.4 Å². The third kappa shape index (κ3) is 8.12. The van der Waals surface area contributed by atoms with Crippen LogP contribution < -0.4 is 22.4 Å². The van der Waals surface area contributed by atoms with Crippen molar-refractivity contribution in [1.82, 2.24) is 25.7 Å². The van der Waals surface area contributed by atoms with E-state index in [2.05, 4.69) is 32.5 Å². The summed E-state index contributed by atoms with van der Waals surface area (Å²) in [7, 11) is 0. The van der Waals surface area contributed by atoms with Gasteiger partial charge in [0.2, 0.25) is 5.91 Å². The summed E-state index contributed by atoms with van der Waals surface area (Å²) in [6.07, 6.45) is 7.35. The Kier molecular flexibility index (Phi) is 11.6. The van der Waals surface area contributed by atoms with Crippen molar-refractivity contribution in [3.05, 3.63) is 98.8 Å². The zero-order valence-electron chi connectivity index (χ0n) is 30.4. The zero-order valence-corrected chi connectivity index (χ0v) is 32.0. The van der Waals surface area contributed by atoms with Crippen LogP contribution in [0.5, 0.6) is 0 Å². The van der Waals surface area contributed by atoms with Crippen LogP contribution in [0, 0.1) is 41.7 Å². The summed E-state index contributed by atoms with van der Waals surface area (Å²) in [5, 5.41) is 18.4. The highest BCUT2D eigenvalue weighted by molar-refractivity contribution is 6.43. The molecule has 3 aliphatic heterocycles. The number of nitrogens with two attached hydrogens (primary N) is 2. The van der Waals surface area contributed by atoms with Crippen LogP contribution in [0.1, 0.15) is 73.5 Å². The normalized spacial score (nSPS) is 20.0. The highest BCUT2D eigenvalue weighted by Gasteiger charge is 2.39. The zero-order chi connectivity index (χ0) is 38.8. The molecule has 0 radical (unpaired) electrons. The minimum Gasteiger partial charge on any atom is -0.382 e. The van der Waals surface area contributed by atoms with E-state index in [4.69, 9.17) is 34.8 Å². The quantitative estimate of drug-likeness (QED) is 0.0485. The van der Waals surface area contributed by atoms with E-state index >= 15 is 4.39 Å². The number of hydrogen-bond acceptors (Lipinski definition) is 7. The summed E-state index contributed by atoms with van der Waals surface area (Å²) in [4.78, 5) is 23.1. The van der Waals surface area contributed by atoms with Crippen molar-refractivity contribution < 1.29 is 13.6 Å². The number of carbonyl (C=O) groups excluding carboxylic acids is 1. The maximum Gasteiger partial charge on any atom is 0.226 e. The van der Waals surface area contributed by atoms with Gasteiger partial charge in [0.25, 0.3) is 0 Å². The molecule has 5 aromatic rings. The average molecular weight is 787 g/mol. The number of nitrogens with zero attached hydrogens (tertiary/aromatic N) is 4. The van der Waals surface area contributed by atoms with Crippen LogP contribution >= 0.6 is 23.2 Å². The molecule has 2 saturated carbocycles. The Morgan fingerprint density at radius 2 is 1.87 bits per heavy atom. The monoisotopic (exact) mass is 785 g/mol. The lowest BCUT2D eigenvalue weighted by molar-refractivity contribution is -0.133. The van der Waals surface area contributed by atoms with Crippen LogP contribution in [0.3, 0.4) is 0 Å². The Morgan fingerprint density at radius 3 is 2.51 bits per heavy atom. The summed E-state index contributed by atoms with van der Waals surface area (Å²) < 4.78 is 28.7. The number of amidine groups is 1. The van der Waals surface area contributed by atoms with Gasteiger partial charge >= 0.3 is 0 Å². The van der Waals surface area contributed by atoms with Gasteiger partial charge in [0.1, 0.15) is 11.3 Å². The molecular weight excluding hydrogens is 743 g/mol. The van der Waals surface area contributed by atoms with Gasteiger partial charge in [-0.1, -0.05) is 35.3 Å². The topological polar surface area (TPSA) is 161 Å². The number of nitrogens with one attached hydrogen (secondary N) is 3. The molecule has 1 unspecified atom stereocenters. The van der Waals surface area contributed by atoms with Crippen molar-refractivity contribution in [2.45, 2.75) is 70.4 Å². The van der Waals surface area contributed by atoms with E-state index in [1.54, 1.807) is 18.2 Å². The van der Waals surface area contributed by atoms with Gasteiger partial charge in [0.15, 0.2) is 11.7 Å². The summed E-state index contributed by atoms with van der Waals surface area (Å²) in [6, 6.07) is 17.8. The number of pyridine rings is 1. The second kappa shape index (κ2) is 16.5. The largest absolute Gasteiger partial charge is 0.382 e. The van der Waals surface area contributed by atoms with Crippen LogP contribution in [0.4, 0.5) is 8.78 Å². The lowest BCUT2D eigenvalue weighted by Crippen LogP contribution is -2.31. The highest BCUT2D eigenvalue weighted by Crippen LogP contribution is 2.43. The number of fused-ring (bicyclic) bond motifs is 4. The molecule has 5 aliphatic rings. The molecule has 0 spiro atoms. The summed E-state index contributed by atoms with van der Waals surface area (Å²) in [5.74, 6) is 5.82. The van der Waals surface area contributed by atoms with Crippen LogP contribution in [0.15, 0.2) is 59.7 Å². The molecule has 1 amide bonds. The Labute approximate surface area is 328 Å². The number of halogens is 4. The molecule has 2 aromatic heterocycles. The maximum atomic E-state index is 16.3. The van der Waals surface area contributed by atoms with Crippen LogP contribution in [-0.2, 0) is 11.2 Å². The molecule has 55 heavy (non-hydrogen) atoms. The predicted octanol–water partition coefficient (Wildman–Crippen LogP) is 7.94. The molecule has 5 heterocycles. The number of rotatable bonds is 7. The van der Waals surface area contributed by atoms with Gasteiger partial charge in [-0.25, -0.2) is 25.1 Å². The van der Waals surface area contributed by atoms with E-state index < -0.39 is 5.82 Å². The number of likely N-dealkylation sites (tertiary alicyclic amines) is 1. The lowest BCUT2D eigenvalue weighted by atomic mass is 9.87. The standard InChI is InChI=1S/C29H25Cl2FN4O.C7H9FN4.C5H9N/c1-15-19-14-22(23-8-4-12-36(23)29(37)16-9-10-16)35-27(19)20-13-17(5-3-11-33)24(26(32)28(20)34-15)18-6-2-7-21(30)25(18)31;8-6-3-1-5(2-4-6)7(9)11-12-10;1-4-2-5(1)6-3-4/h2,6-7,13-14,16,23,35H,3-5,8-10,12H2,1H3;1-4,12H,10H2,(H2,9,11);4-6H,1-3H2. The molecule has 10 rings (SSSR count). The summed E-state index contributed by atoms with van der Waals surface area (Å²) in [6.45, 7) is 3.95. The van der Waals surface area contributed by atoms with Crippen molar-refractivity contribution >= 4 is 56.8 Å². The fourth-order valence-electron chi connectivity index (χ4n) is 7.82. The first-order chi connectivity index (χ1) is 26.6. The van der Waals surface area contributed by atoms with E-state index in [1.165, 1.54) is 43.7 Å². The van der Waals surface area contributed by atoms with Crippen molar-refractivity contribution in [2.24, 2.45) is 28.5 Å². The fraction of sp³-hybridized carbons (Fsp3) is 0.366.